The van der Waals surface area contributed by atoms with Crippen LogP contribution in [0.3, 0.4) is 0 Å². The van der Waals surface area contributed by atoms with Crippen LogP contribution in [0.15, 0.2) is 24.4 Å². The van der Waals surface area contributed by atoms with E-state index in [9.17, 15) is 23.2 Å². The van der Waals surface area contributed by atoms with Gasteiger partial charge in [0, 0.05) is 30.1 Å². The highest BCUT2D eigenvalue weighted by Crippen LogP contribution is 2.44. The number of piperidine rings is 1. The molecule has 1 saturated carbocycles. The van der Waals surface area contributed by atoms with Crippen molar-refractivity contribution in [3.63, 3.8) is 0 Å². The highest BCUT2D eigenvalue weighted by atomic mass is 19.1. The zero-order valence-corrected chi connectivity index (χ0v) is 22.4. The number of imidazole rings is 1. The summed E-state index contributed by atoms with van der Waals surface area (Å²) in [6.07, 6.45) is 5.64. The Kier molecular flexibility index (Phi) is 8.18. The molecule has 1 aromatic heterocycles. The predicted molar refractivity (Wildman–Crippen MR) is 139 cm³/mol. The summed E-state index contributed by atoms with van der Waals surface area (Å²) in [4.78, 5) is 48.4. The van der Waals surface area contributed by atoms with Gasteiger partial charge >= 0.3 is 0 Å². The number of hydrogen-bond donors (Lipinski definition) is 3. The average molecular weight is 530 g/mol. The van der Waals surface area contributed by atoms with Crippen LogP contribution in [-0.2, 0) is 14.4 Å². The summed E-state index contributed by atoms with van der Waals surface area (Å²) in [6, 6.07) is 1.70. The summed E-state index contributed by atoms with van der Waals surface area (Å²) in [5.41, 5.74) is 0.581. The number of carbonyl (C=O) groups is 3. The number of aromatic nitrogens is 2. The third-order valence-corrected chi connectivity index (χ3v) is 7.69. The Balaban J connectivity index is 1.45. The number of amides is 3. The summed E-state index contributed by atoms with van der Waals surface area (Å²) in [6.45, 7) is 8.54. The van der Waals surface area contributed by atoms with Crippen LogP contribution in [0.1, 0.15) is 78.1 Å². The molecule has 3 amide bonds. The molecule has 1 saturated heterocycles. The zero-order valence-electron chi connectivity index (χ0n) is 22.4. The molecule has 2 heterocycles. The number of carbonyl (C=O) groups excluding carboxylic acids is 3. The monoisotopic (exact) mass is 529 g/mol. The first-order chi connectivity index (χ1) is 17.9. The number of nitrogens with one attached hydrogen (secondary N) is 3. The van der Waals surface area contributed by atoms with Crippen LogP contribution < -0.4 is 10.6 Å². The average Bonchev–Trinajstić information content (AvgIpc) is 3.32. The van der Waals surface area contributed by atoms with E-state index < -0.39 is 29.6 Å². The lowest BCUT2D eigenvalue weighted by molar-refractivity contribution is -0.140. The Bertz CT molecular complexity index is 1190. The second kappa shape index (κ2) is 11.2. The number of rotatable bonds is 8. The molecule has 0 unspecified atom stereocenters. The minimum atomic E-state index is -1.03. The number of halogens is 2. The minimum Gasteiger partial charge on any atom is -0.345 e. The summed E-state index contributed by atoms with van der Waals surface area (Å²) in [5.74, 6) is -2.11. The Hall–Kier alpha value is -3.30. The molecule has 8 nitrogen and oxygen atoms in total. The molecule has 1 aliphatic carbocycles. The molecule has 10 heteroatoms. The predicted octanol–water partition coefficient (Wildman–Crippen LogP) is 4.24. The first-order valence-electron chi connectivity index (χ1n) is 13.3. The Labute approximate surface area is 222 Å². The third-order valence-electron chi connectivity index (χ3n) is 7.69. The molecule has 2 aromatic rings. The van der Waals surface area contributed by atoms with Crippen molar-refractivity contribution in [1.29, 1.82) is 0 Å². The van der Waals surface area contributed by atoms with Gasteiger partial charge in [-0.3, -0.25) is 14.4 Å². The number of likely N-dealkylation sites (tertiary alicyclic amines) is 1. The number of H-pyrrole nitrogens is 1. The van der Waals surface area contributed by atoms with Gasteiger partial charge < -0.3 is 20.5 Å². The van der Waals surface area contributed by atoms with Gasteiger partial charge in [-0.05, 0) is 63.5 Å². The van der Waals surface area contributed by atoms with Crippen molar-refractivity contribution in [2.24, 2.45) is 11.3 Å². The Morgan fingerprint density at radius 2 is 1.92 bits per heavy atom. The maximum absolute atomic E-state index is 14.2. The topological polar surface area (TPSA) is 107 Å². The van der Waals surface area contributed by atoms with Gasteiger partial charge in [0.2, 0.25) is 17.7 Å². The highest BCUT2D eigenvalue weighted by molar-refractivity contribution is 5.93. The van der Waals surface area contributed by atoms with Crippen molar-refractivity contribution in [1.82, 2.24) is 25.5 Å². The van der Waals surface area contributed by atoms with Crippen LogP contribution in [-0.4, -0.2) is 51.2 Å². The molecule has 2 aliphatic rings. The number of benzene rings is 1. The molecule has 1 aromatic carbocycles. The first kappa shape index (κ1) is 27.7. The first-order valence-corrected chi connectivity index (χ1v) is 13.3. The maximum atomic E-state index is 14.2. The number of hydrogen-bond acceptors (Lipinski definition) is 4. The highest BCUT2D eigenvalue weighted by Gasteiger charge is 2.41. The van der Waals surface area contributed by atoms with Crippen LogP contribution in [0, 0.1) is 23.0 Å². The zero-order chi connectivity index (χ0) is 27.6. The quantitative estimate of drug-likeness (QED) is 0.475. The lowest BCUT2D eigenvalue weighted by atomic mass is 9.64. The second-order valence-corrected chi connectivity index (χ2v) is 11.5. The molecule has 3 N–H and O–H groups in total. The normalized spacial score (nSPS) is 20.8. The van der Waals surface area contributed by atoms with Crippen molar-refractivity contribution in [2.45, 2.75) is 84.3 Å². The van der Waals surface area contributed by atoms with Gasteiger partial charge in [-0.2, -0.15) is 0 Å². The lowest BCUT2D eigenvalue weighted by Gasteiger charge is -2.42. The van der Waals surface area contributed by atoms with E-state index in [4.69, 9.17) is 0 Å². The van der Waals surface area contributed by atoms with E-state index in [2.05, 4.69) is 34.4 Å². The van der Waals surface area contributed by atoms with Gasteiger partial charge in [0.1, 0.15) is 23.5 Å². The van der Waals surface area contributed by atoms with Crippen molar-refractivity contribution in [2.75, 3.05) is 6.54 Å². The van der Waals surface area contributed by atoms with E-state index in [0.717, 1.165) is 44.2 Å². The smallest absolute Gasteiger partial charge is 0.243 e. The van der Waals surface area contributed by atoms with Crippen molar-refractivity contribution < 1.29 is 23.2 Å². The fraction of sp³-hybridized carbons (Fsp3) is 0.571. The minimum absolute atomic E-state index is 0.0916. The van der Waals surface area contributed by atoms with E-state index in [1.807, 2.05) is 6.92 Å². The standard InChI is InChI=1S/C28H37F2N5O3/c1-16-7-5-6-10-35(16)24(36)12-22(34-26(37)18-13-28(3,4)14-18)27(38)32-17(2)25-31-15-23(33-25)20-9-8-19(29)11-21(20)30/h8-9,11,15-18,22H,5-7,10,12-14H2,1-4H3,(H,31,33)(H,32,38)(H,34,37)/t16-,17-,22-/m0/s1. The van der Waals surface area contributed by atoms with E-state index in [0.29, 0.717) is 18.1 Å². The van der Waals surface area contributed by atoms with Crippen LogP contribution in [0.4, 0.5) is 8.78 Å². The Morgan fingerprint density at radius 3 is 2.58 bits per heavy atom. The molecule has 0 bridgehead atoms. The molecule has 2 fully saturated rings. The maximum Gasteiger partial charge on any atom is 0.243 e. The Morgan fingerprint density at radius 1 is 1.18 bits per heavy atom. The van der Waals surface area contributed by atoms with Crippen LogP contribution in [0.2, 0.25) is 0 Å². The largest absolute Gasteiger partial charge is 0.345 e. The third kappa shape index (κ3) is 6.39. The van der Waals surface area contributed by atoms with E-state index >= 15 is 0 Å². The molecule has 3 atom stereocenters. The molecule has 4 rings (SSSR count). The molecule has 0 spiro atoms. The SMILES string of the molecule is C[C@H](NC(=O)[C@H](CC(=O)N1CCCC[C@@H]1C)NC(=O)C1CC(C)(C)C1)c1ncc(-c2ccc(F)cc2F)[nH]1. The number of aromatic amines is 1. The van der Waals surface area contributed by atoms with E-state index in [-0.39, 0.29) is 41.2 Å². The van der Waals surface area contributed by atoms with E-state index in [1.54, 1.807) is 11.8 Å². The van der Waals surface area contributed by atoms with E-state index in [1.165, 1.54) is 12.3 Å². The molecule has 206 valence electrons. The van der Waals surface area contributed by atoms with Crippen LogP contribution in [0.5, 0.6) is 0 Å². The fourth-order valence-electron chi connectivity index (χ4n) is 5.50. The van der Waals surface area contributed by atoms with Crippen LogP contribution >= 0.6 is 0 Å². The summed E-state index contributed by atoms with van der Waals surface area (Å²) in [7, 11) is 0. The molecular formula is C28H37F2N5O3. The molecule has 38 heavy (non-hydrogen) atoms. The van der Waals surface area contributed by atoms with Gasteiger partial charge in [-0.15, -0.1) is 0 Å². The van der Waals surface area contributed by atoms with Gasteiger partial charge in [-0.25, -0.2) is 13.8 Å². The van der Waals surface area contributed by atoms with Gasteiger partial charge in [0.25, 0.3) is 0 Å². The fourth-order valence-corrected chi connectivity index (χ4v) is 5.50. The van der Waals surface area contributed by atoms with Gasteiger partial charge in [0.05, 0.1) is 24.4 Å². The van der Waals surface area contributed by atoms with Gasteiger partial charge in [-0.1, -0.05) is 13.8 Å². The summed E-state index contributed by atoms with van der Waals surface area (Å²) >= 11 is 0. The molecule has 0 radical (unpaired) electrons. The van der Waals surface area contributed by atoms with Crippen molar-refractivity contribution in [3.8, 4) is 11.3 Å². The molecular weight excluding hydrogens is 492 g/mol. The summed E-state index contributed by atoms with van der Waals surface area (Å²) in [5, 5.41) is 5.66. The molecule has 1 aliphatic heterocycles. The summed E-state index contributed by atoms with van der Waals surface area (Å²) < 4.78 is 27.5. The van der Waals surface area contributed by atoms with Crippen molar-refractivity contribution in [3.05, 3.63) is 41.9 Å². The number of nitrogens with zero attached hydrogens (tertiary/aromatic N) is 2. The van der Waals surface area contributed by atoms with Gasteiger partial charge in [0.15, 0.2) is 0 Å². The lowest BCUT2D eigenvalue weighted by Crippen LogP contribution is -2.54. The second-order valence-electron chi connectivity index (χ2n) is 11.5. The van der Waals surface area contributed by atoms with Crippen molar-refractivity contribution >= 4 is 17.7 Å². The van der Waals surface area contributed by atoms with Crippen LogP contribution in [0.25, 0.3) is 11.3 Å².